The molecule has 0 fully saturated rings. The number of rotatable bonds is 9. The van der Waals surface area contributed by atoms with E-state index in [0.717, 1.165) is 0 Å². The van der Waals surface area contributed by atoms with Crippen molar-refractivity contribution in [1.29, 1.82) is 0 Å². The van der Waals surface area contributed by atoms with E-state index in [1.165, 1.54) is 6.40 Å². The third kappa shape index (κ3) is 9.07. The van der Waals surface area contributed by atoms with Crippen LogP contribution < -0.4 is 0 Å². The molecule has 1 atom stereocenters. The Hall–Kier alpha value is -0.190. The molecule has 0 saturated carbocycles. The maximum Gasteiger partial charge on any atom is 0.228 e. The first kappa shape index (κ1) is 15.8. The van der Waals surface area contributed by atoms with Gasteiger partial charge >= 0.3 is 0 Å². The summed E-state index contributed by atoms with van der Waals surface area (Å²) in [6, 6.07) is 0. The largest absolute Gasteiger partial charge is 0.437 e. The summed E-state index contributed by atoms with van der Waals surface area (Å²) < 4.78 is 33.0. The second-order valence-electron chi connectivity index (χ2n) is 3.13. The van der Waals surface area contributed by atoms with Gasteiger partial charge in [0, 0.05) is 19.0 Å². The molecule has 0 aliphatic rings. The third-order valence-corrected chi connectivity index (χ3v) is 4.39. The Labute approximate surface area is 99.1 Å². The molecule has 0 radical (unpaired) electrons. The van der Waals surface area contributed by atoms with E-state index in [-0.39, 0.29) is 18.1 Å². The summed E-state index contributed by atoms with van der Waals surface area (Å²) >= 11 is 0. The van der Waals surface area contributed by atoms with Crippen LogP contribution in [0.25, 0.3) is 0 Å². The summed E-state index contributed by atoms with van der Waals surface area (Å²) in [5, 5.41) is 0. The summed E-state index contributed by atoms with van der Waals surface area (Å²) in [7, 11) is -4.02. The zero-order valence-corrected chi connectivity index (χ0v) is 11.8. The van der Waals surface area contributed by atoms with Gasteiger partial charge in [0.15, 0.2) is 16.2 Å². The minimum Gasteiger partial charge on any atom is -0.437 e. The monoisotopic (exact) mass is 269 g/mol. The van der Waals surface area contributed by atoms with Crippen molar-refractivity contribution in [1.82, 2.24) is 0 Å². The summed E-state index contributed by atoms with van der Waals surface area (Å²) in [5.41, 5.74) is 0. The van der Waals surface area contributed by atoms with Crippen molar-refractivity contribution in [2.45, 2.75) is 20.3 Å². The van der Waals surface area contributed by atoms with Gasteiger partial charge in [-0.25, -0.2) is 8.42 Å². The number of sulfone groups is 1. The third-order valence-electron chi connectivity index (χ3n) is 1.64. The average Bonchev–Trinajstić information content (AvgIpc) is 2.17. The van der Waals surface area contributed by atoms with Crippen LogP contribution in [0.15, 0.2) is 4.99 Å². The number of nitrogens with zero attached hydrogens (tertiary/aromatic N) is 1. The van der Waals surface area contributed by atoms with E-state index in [4.69, 9.17) is 9.05 Å². The van der Waals surface area contributed by atoms with Crippen LogP contribution in [-0.4, -0.2) is 46.1 Å². The molecule has 0 bridgehead atoms. The molecule has 0 aromatic carbocycles. The van der Waals surface area contributed by atoms with Crippen molar-refractivity contribution >= 4 is 24.6 Å². The van der Waals surface area contributed by atoms with Crippen molar-refractivity contribution in [3.63, 3.8) is 0 Å². The van der Waals surface area contributed by atoms with Crippen LogP contribution in [0.2, 0.25) is 0 Å². The Bertz CT molecular complexity index is 292. The van der Waals surface area contributed by atoms with Crippen LogP contribution in [0, 0.1) is 0 Å². The smallest absolute Gasteiger partial charge is 0.228 e. The zero-order chi connectivity index (χ0) is 12.4. The van der Waals surface area contributed by atoms with Gasteiger partial charge < -0.3 is 9.05 Å². The molecular formula is C9H20NO4PS. The fourth-order valence-corrected chi connectivity index (χ4v) is 2.81. The quantitative estimate of drug-likeness (QED) is 0.364. The van der Waals surface area contributed by atoms with Crippen LogP contribution in [0.4, 0.5) is 0 Å². The molecule has 96 valence electrons. The van der Waals surface area contributed by atoms with E-state index in [2.05, 4.69) is 4.99 Å². The minimum atomic E-state index is -2.96. The van der Waals surface area contributed by atoms with Gasteiger partial charge in [-0.2, -0.15) is 0 Å². The Balaban J connectivity index is 3.69. The normalized spacial score (nSPS) is 14.2. The molecule has 1 unspecified atom stereocenters. The Morgan fingerprint density at radius 3 is 2.56 bits per heavy atom. The van der Waals surface area contributed by atoms with Gasteiger partial charge in [0.1, 0.15) is 0 Å². The maximum absolute atomic E-state index is 11.3. The Kier molecular flexibility index (Phi) is 8.80. The average molecular weight is 269 g/mol. The van der Waals surface area contributed by atoms with Crippen molar-refractivity contribution in [2.24, 2.45) is 4.99 Å². The molecule has 0 aromatic heterocycles. The highest BCUT2D eigenvalue weighted by atomic mass is 32.2. The lowest BCUT2D eigenvalue weighted by Gasteiger charge is -2.10. The molecule has 0 aliphatic heterocycles. The van der Waals surface area contributed by atoms with Crippen LogP contribution in [0.3, 0.4) is 0 Å². The van der Waals surface area contributed by atoms with E-state index in [0.29, 0.717) is 13.0 Å². The SMILES string of the molecule is CCCS(=O)(=O)CCOP(C)OC=NCC. The lowest BCUT2D eigenvalue weighted by atomic mass is 10.6. The standard InChI is InChI=1S/C9H20NO4PS/c1-4-7-16(11,12)8-6-13-15(3)14-9-10-5-2/h9H,4-8H2,1-3H3. The summed E-state index contributed by atoms with van der Waals surface area (Å²) in [4.78, 5) is 3.87. The molecule has 0 aliphatic carbocycles. The highest BCUT2D eigenvalue weighted by Crippen LogP contribution is 2.31. The summed E-state index contributed by atoms with van der Waals surface area (Å²) in [6.07, 6.45) is 2.00. The van der Waals surface area contributed by atoms with E-state index in [1.54, 1.807) is 6.66 Å². The van der Waals surface area contributed by atoms with E-state index in [9.17, 15) is 8.42 Å². The van der Waals surface area contributed by atoms with Gasteiger partial charge in [-0.1, -0.05) is 6.92 Å². The first-order valence-corrected chi connectivity index (χ1v) is 8.68. The van der Waals surface area contributed by atoms with Crippen LogP contribution in [-0.2, 0) is 18.9 Å². The van der Waals surface area contributed by atoms with Gasteiger partial charge in [-0.05, 0) is 13.3 Å². The van der Waals surface area contributed by atoms with Gasteiger partial charge in [-0.3, -0.25) is 4.99 Å². The zero-order valence-electron chi connectivity index (χ0n) is 10.0. The number of aliphatic imine (C=N–C) groups is 1. The molecule has 0 rings (SSSR count). The van der Waals surface area contributed by atoms with Crippen LogP contribution >= 0.6 is 8.38 Å². The van der Waals surface area contributed by atoms with E-state index < -0.39 is 18.2 Å². The van der Waals surface area contributed by atoms with Gasteiger partial charge in [0.2, 0.25) is 8.38 Å². The van der Waals surface area contributed by atoms with Crippen molar-refractivity contribution in [2.75, 3.05) is 31.3 Å². The first-order valence-electron chi connectivity index (χ1n) is 5.24. The minimum absolute atomic E-state index is 0.0573. The molecule has 0 aromatic rings. The van der Waals surface area contributed by atoms with E-state index >= 15 is 0 Å². The van der Waals surface area contributed by atoms with Crippen molar-refractivity contribution < 1.29 is 17.5 Å². The molecule has 0 amide bonds. The maximum atomic E-state index is 11.3. The predicted octanol–water partition coefficient (Wildman–Crippen LogP) is 1.83. The lowest BCUT2D eigenvalue weighted by molar-refractivity contribution is 0.339. The van der Waals surface area contributed by atoms with Crippen molar-refractivity contribution in [3.05, 3.63) is 0 Å². The molecular weight excluding hydrogens is 249 g/mol. The molecule has 7 heteroatoms. The van der Waals surface area contributed by atoms with Gasteiger partial charge in [0.25, 0.3) is 0 Å². The van der Waals surface area contributed by atoms with Crippen molar-refractivity contribution in [3.8, 4) is 0 Å². The topological polar surface area (TPSA) is 65.0 Å². The number of hydrogen-bond acceptors (Lipinski definition) is 5. The Morgan fingerprint density at radius 2 is 2.00 bits per heavy atom. The highest BCUT2D eigenvalue weighted by Gasteiger charge is 2.10. The predicted molar refractivity (Wildman–Crippen MR) is 67.9 cm³/mol. The fourth-order valence-electron chi connectivity index (χ4n) is 0.911. The molecule has 16 heavy (non-hydrogen) atoms. The highest BCUT2D eigenvalue weighted by molar-refractivity contribution is 7.91. The van der Waals surface area contributed by atoms with Gasteiger partial charge in [0.05, 0.1) is 12.4 Å². The summed E-state index contributed by atoms with van der Waals surface area (Å²) in [5.74, 6) is 0.276. The van der Waals surface area contributed by atoms with Gasteiger partial charge in [-0.15, -0.1) is 0 Å². The first-order chi connectivity index (χ1) is 7.52. The fraction of sp³-hybridized carbons (Fsp3) is 0.889. The summed E-state index contributed by atoms with van der Waals surface area (Å²) in [6.45, 7) is 6.35. The molecule has 0 heterocycles. The van der Waals surface area contributed by atoms with Crippen LogP contribution in [0.5, 0.6) is 0 Å². The second-order valence-corrected chi connectivity index (χ2v) is 6.79. The lowest BCUT2D eigenvalue weighted by Crippen LogP contribution is -2.14. The van der Waals surface area contributed by atoms with E-state index in [1.807, 2.05) is 13.8 Å². The molecule has 0 saturated heterocycles. The number of hydrogen-bond donors (Lipinski definition) is 0. The molecule has 0 N–H and O–H groups in total. The second kappa shape index (κ2) is 8.90. The molecule has 0 spiro atoms. The Morgan fingerprint density at radius 1 is 1.31 bits per heavy atom. The molecule has 5 nitrogen and oxygen atoms in total. The van der Waals surface area contributed by atoms with Crippen LogP contribution in [0.1, 0.15) is 20.3 Å².